The van der Waals surface area contributed by atoms with Gasteiger partial charge in [0.25, 0.3) is 0 Å². The topological polar surface area (TPSA) is 81.1 Å². The Hall–Kier alpha value is -2.56. The minimum absolute atomic E-state index is 0.0480. The number of aromatic nitrogens is 2. The number of nitrogens with zero attached hydrogens (tertiary/aromatic N) is 2. The fraction of sp³-hybridized carbons (Fsp3) is 0.0769. The maximum absolute atomic E-state index is 11.5. The molecule has 0 aliphatic rings. The summed E-state index contributed by atoms with van der Waals surface area (Å²) in [5.74, 6) is -0.462. The Morgan fingerprint density at radius 1 is 1.28 bits per heavy atom. The smallest absolute Gasteiger partial charge is 0.249 e. The Balaban J connectivity index is 2.67. The second kappa shape index (κ2) is 3.46. The maximum Gasteiger partial charge on any atom is 0.249 e. The fourth-order valence-electron chi connectivity index (χ4n) is 2.37. The number of hydrogen-bond donors (Lipinski definition) is 2. The molecule has 2 heterocycles. The van der Waals surface area contributed by atoms with Crippen molar-refractivity contribution in [2.75, 3.05) is 0 Å². The van der Waals surface area contributed by atoms with E-state index in [1.807, 2.05) is 17.7 Å². The highest BCUT2D eigenvalue weighted by atomic mass is 16.3. The normalized spacial score (nSPS) is 11.2. The van der Waals surface area contributed by atoms with Gasteiger partial charge in [-0.15, -0.1) is 0 Å². The molecule has 3 rings (SSSR count). The third-order valence-electron chi connectivity index (χ3n) is 3.19. The van der Waals surface area contributed by atoms with Gasteiger partial charge in [0, 0.05) is 23.5 Å². The van der Waals surface area contributed by atoms with Gasteiger partial charge in [-0.3, -0.25) is 9.78 Å². The van der Waals surface area contributed by atoms with Gasteiger partial charge in [-0.2, -0.15) is 0 Å². The lowest BCUT2D eigenvalue weighted by molar-refractivity contribution is 0.100. The lowest BCUT2D eigenvalue weighted by Crippen LogP contribution is -2.11. The first-order chi connectivity index (χ1) is 8.61. The first-order valence-electron chi connectivity index (χ1n) is 5.45. The van der Waals surface area contributed by atoms with Crippen molar-refractivity contribution in [3.63, 3.8) is 0 Å². The van der Waals surface area contributed by atoms with Crippen molar-refractivity contribution >= 4 is 27.7 Å². The molecule has 0 bridgehead atoms. The number of pyridine rings is 1. The Kier molecular flexibility index (Phi) is 2.04. The van der Waals surface area contributed by atoms with Crippen molar-refractivity contribution < 1.29 is 9.90 Å². The van der Waals surface area contributed by atoms with Gasteiger partial charge in [-0.1, -0.05) is 6.07 Å². The van der Waals surface area contributed by atoms with E-state index in [-0.39, 0.29) is 5.75 Å². The summed E-state index contributed by atoms with van der Waals surface area (Å²) in [4.78, 5) is 15.5. The third-order valence-corrected chi connectivity index (χ3v) is 3.19. The van der Waals surface area contributed by atoms with Gasteiger partial charge in [0.05, 0.1) is 23.3 Å². The molecule has 5 heteroatoms. The van der Waals surface area contributed by atoms with Crippen molar-refractivity contribution in [3.05, 3.63) is 36.2 Å². The molecule has 0 atom stereocenters. The summed E-state index contributed by atoms with van der Waals surface area (Å²) in [6.45, 7) is 0. The highest BCUT2D eigenvalue weighted by Crippen LogP contribution is 2.35. The first kappa shape index (κ1) is 10.6. The van der Waals surface area contributed by atoms with Gasteiger partial charge >= 0.3 is 0 Å². The average molecular weight is 241 g/mol. The SMILES string of the molecule is Cn1c2cncc(O)c2c2c(C(N)=O)cccc21. The van der Waals surface area contributed by atoms with Gasteiger partial charge in [-0.25, -0.2) is 0 Å². The Morgan fingerprint density at radius 3 is 2.78 bits per heavy atom. The van der Waals surface area contributed by atoms with E-state index in [0.29, 0.717) is 16.3 Å². The van der Waals surface area contributed by atoms with Gasteiger partial charge in [0.15, 0.2) is 0 Å². The number of rotatable bonds is 1. The Labute approximate surface area is 102 Å². The molecule has 0 saturated carbocycles. The summed E-state index contributed by atoms with van der Waals surface area (Å²) in [6.07, 6.45) is 3.01. The van der Waals surface area contributed by atoms with Gasteiger partial charge in [0.1, 0.15) is 5.75 Å². The molecular formula is C13H11N3O2. The van der Waals surface area contributed by atoms with Crippen LogP contribution in [0.2, 0.25) is 0 Å². The van der Waals surface area contributed by atoms with E-state index in [1.54, 1.807) is 18.3 Å². The number of carbonyl (C=O) groups excluding carboxylic acids is 1. The largest absolute Gasteiger partial charge is 0.506 e. The van der Waals surface area contributed by atoms with Crippen LogP contribution in [0.15, 0.2) is 30.6 Å². The van der Waals surface area contributed by atoms with Crippen molar-refractivity contribution in [1.82, 2.24) is 9.55 Å². The third kappa shape index (κ3) is 1.21. The highest BCUT2D eigenvalue weighted by Gasteiger charge is 2.17. The number of benzene rings is 1. The Bertz CT molecular complexity index is 790. The first-order valence-corrected chi connectivity index (χ1v) is 5.45. The average Bonchev–Trinajstić information content (AvgIpc) is 2.65. The monoisotopic (exact) mass is 241 g/mol. The van der Waals surface area contributed by atoms with Gasteiger partial charge in [-0.05, 0) is 12.1 Å². The lowest BCUT2D eigenvalue weighted by atomic mass is 10.1. The summed E-state index contributed by atoms with van der Waals surface area (Å²) >= 11 is 0. The zero-order valence-electron chi connectivity index (χ0n) is 9.71. The summed E-state index contributed by atoms with van der Waals surface area (Å²) in [6, 6.07) is 5.30. The van der Waals surface area contributed by atoms with E-state index in [9.17, 15) is 9.90 Å². The zero-order valence-corrected chi connectivity index (χ0v) is 9.71. The molecule has 0 spiro atoms. The number of hydrogen-bond acceptors (Lipinski definition) is 3. The van der Waals surface area contributed by atoms with Crippen molar-refractivity contribution in [3.8, 4) is 5.75 Å². The molecule has 1 aromatic carbocycles. The van der Waals surface area contributed by atoms with E-state index in [4.69, 9.17) is 5.73 Å². The predicted molar refractivity (Wildman–Crippen MR) is 68.4 cm³/mol. The quantitative estimate of drug-likeness (QED) is 0.678. The maximum atomic E-state index is 11.5. The molecule has 0 unspecified atom stereocenters. The number of nitrogens with two attached hydrogens (primary N) is 1. The van der Waals surface area contributed by atoms with Crippen LogP contribution in [-0.4, -0.2) is 20.6 Å². The molecular weight excluding hydrogens is 230 g/mol. The van der Waals surface area contributed by atoms with Crippen LogP contribution in [0.4, 0.5) is 0 Å². The van der Waals surface area contributed by atoms with Gasteiger partial charge in [0.2, 0.25) is 5.91 Å². The van der Waals surface area contributed by atoms with Crippen LogP contribution in [0.5, 0.6) is 5.75 Å². The molecule has 2 aromatic heterocycles. The summed E-state index contributed by atoms with van der Waals surface area (Å²) in [5.41, 5.74) is 7.39. The minimum Gasteiger partial charge on any atom is -0.506 e. The standard InChI is InChI=1S/C13H11N3O2/c1-16-8-4-2-3-7(13(14)18)11(8)12-9(16)5-15-6-10(12)17/h2-6,17H,1H3,(H2,14,18). The van der Waals surface area contributed by atoms with Crippen LogP contribution >= 0.6 is 0 Å². The number of aromatic hydroxyl groups is 1. The van der Waals surface area contributed by atoms with Crippen molar-refractivity contribution in [1.29, 1.82) is 0 Å². The molecule has 0 fully saturated rings. The second-order valence-electron chi connectivity index (χ2n) is 4.18. The number of carbonyl (C=O) groups is 1. The summed E-state index contributed by atoms with van der Waals surface area (Å²) in [7, 11) is 1.86. The molecule has 90 valence electrons. The van der Waals surface area contributed by atoms with E-state index in [2.05, 4.69) is 4.98 Å². The highest BCUT2D eigenvalue weighted by molar-refractivity contribution is 6.19. The number of aryl methyl sites for hydroxylation is 1. The molecule has 3 aromatic rings. The van der Waals surface area contributed by atoms with Crippen LogP contribution < -0.4 is 5.73 Å². The molecule has 0 radical (unpaired) electrons. The fourth-order valence-corrected chi connectivity index (χ4v) is 2.37. The predicted octanol–water partition coefficient (Wildman–Crippen LogP) is 1.53. The minimum atomic E-state index is -0.510. The molecule has 3 N–H and O–H groups in total. The van der Waals surface area contributed by atoms with Crippen LogP contribution in [-0.2, 0) is 7.05 Å². The van der Waals surface area contributed by atoms with E-state index in [0.717, 1.165) is 11.0 Å². The molecule has 0 aliphatic heterocycles. The van der Waals surface area contributed by atoms with Crippen LogP contribution in [0.1, 0.15) is 10.4 Å². The summed E-state index contributed by atoms with van der Waals surface area (Å²) < 4.78 is 1.88. The van der Waals surface area contributed by atoms with Crippen molar-refractivity contribution in [2.24, 2.45) is 12.8 Å². The lowest BCUT2D eigenvalue weighted by Gasteiger charge is -2.00. The number of amides is 1. The molecule has 1 amide bonds. The van der Waals surface area contributed by atoms with Crippen LogP contribution in [0.25, 0.3) is 21.8 Å². The molecule has 0 aliphatic carbocycles. The van der Waals surface area contributed by atoms with Gasteiger partial charge < -0.3 is 15.4 Å². The van der Waals surface area contributed by atoms with E-state index < -0.39 is 5.91 Å². The van der Waals surface area contributed by atoms with Crippen LogP contribution in [0.3, 0.4) is 0 Å². The second-order valence-corrected chi connectivity index (χ2v) is 4.18. The van der Waals surface area contributed by atoms with Crippen LogP contribution in [0, 0.1) is 0 Å². The number of primary amides is 1. The summed E-state index contributed by atoms with van der Waals surface area (Å²) in [5, 5.41) is 11.2. The molecule has 18 heavy (non-hydrogen) atoms. The number of fused-ring (bicyclic) bond motifs is 3. The Morgan fingerprint density at radius 2 is 2.06 bits per heavy atom. The van der Waals surface area contributed by atoms with Crippen molar-refractivity contribution in [2.45, 2.75) is 0 Å². The van der Waals surface area contributed by atoms with E-state index >= 15 is 0 Å². The molecule has 0 saturated heterocycles. The molecule has 5 nitrogen and oxygen atoms in total. The zero-order chi connectivity index (χ0) is 12.9. The van der Waals surface area contributed by atoms with E-state index in [1.165, 1.54) is 6.20 Å².